The third-order valence-electron chi connectivity index (χ3n) is 3.39. The van der Waals surface area contributed by atoms with Crippen molar-refractivity contribution in [2.45, 2.75) is 34.3 Å². The number of esters is 2. The van der Waals surface area contributed by atoms with Gasteiger partial charge in [-0.15, -0.1) is 0 Å². The van der Waals surface area contributed by atoms with Gasteiger partial charge in [0, 0.05) is 6.07 Å². The highest BCUT2D eigenvalue weighted by molar-refractivity contribution is 6.42. The van der Waals surface area contributed by atoms with Crippen LogP contribution < -0.4 is 4.73 Å². The van der Waals surface area contributed by atoms with Gasteiger partial charge in [0.15, 0.2) is 5.69 Å². The molecule has 1 heterocycles. The second-order valence-corrected chi connectivity index (χ2v) is 7.32. The van der Waals surface area contributed by atoms with E-state index in [1.807, 2.05) is 0 Å². The Labute approximate surface area is 160 Å². The van der Waals surface area contributed by atoms with Gasteiger partial charge in [-0.05, 0) is 33.8 Å². The van der Waals surface area contributed by atoms with Gasteiger partial charge in [-0.3, -0.25) is 4.79 Å². The van der Waals surface area contributed by atoms with Gasteiger partial charge in [0.25, 0.3) is 0 Å². The van der Waals surface area contributed by atoms with Crippen LogP contribution in [0.5, 0.6) is 0 Å². The van der Waals surface area contributed by atoms with E-state index in [1.165, 1.54) is 12.1 Å². The highest BCUT2D eigenvalue weighted by atomic mass is 35.5. The van der Waals surface area contributed by atoms with Crippen molar-refractivity contribution in [3.63, 3.8) is 0 Å². The second kappa shape index (κ2) is 7.63. The fourth-order valence-electron chi connectivity index (χ4n) is 2.07. The van der Waals surface area contributed by atoms with E-state index in [0.29, 0.717) is 4.73 Å². The number of hydrogen-bond acceptors (Lipinski definition) is 6. The lowest BCUT2D eigenvalue weighted by molar-refractivity contribution is -0.581. The first-order valence-electron chi connectivity index (χ1n) is 7.81. The van der Waals surface area contributed by atoms with E-state index < -0.39 is 17.4 Å². The molecular weight excluding hydrogens is 383 g/mol. The molecule has 2 rings (SSSR count). The lowest BCUT2D eigenvalue weighted by Crippen LogP contribution is -2.39. The summed E-state index contributed by atoms with van der Waals surface area (Å²) >= 11 is 11.9. The predicted molar refractivity (Wildman–Crippen MR) is 95.9 cm³/mol. The van der Waals surface area contributed by atoms with Crippen molar-refractivity contribution in [1.82, 2.24) is 4.98 Å². The van der Waals surface area contributed by atoms with Crippen LogP contribution in [0.3, 0.4) is 0 Å². The Balaban J connectivity index is 2.58. The average Bonchev–Trinajstić information content (AvgIpc) is 2.53. The van der Waals surface area contributed by atoms with Crippen LogP contribution in [-0.2, 0) is 20.9 Å². The summed E-state index contributed by atoms with van der Waals surface area (Å²) in [4.78, 5) is 28.5. The Kier molecular flexibility index (Phi) is 5.93. The van der Waals surface area contributed by atoms with Crippen molar-refractivity contribution < 1.29 is 23.8 Å². The molecule has 140 valence electrons. The number of fused-ring (bicyclic) bond motifs is 1. The van der Waals surface area contributed by atoms with Crippen LogP contribution in [0.25, 0.3) is 11.0 Å². The van der Waals surface area contributed by atoms with Crippen LogP contribution in [0, 0.1) is 10.6 Å². The minimum Gasteiger partial charge on any atom is -0.618 e. The lowest BCUT2D eigenvalue weighted by atomic mass is 9.97. The van der Waals surface area contributed by atoms with E-state index in [4.69, 9.17) is 32.7 Å². The van der Waals surface area contributed by atoms with Gasteiger partial charge in [0.05, 0.1) is 22.1 Å². The molecule has 0 unspecified atom stereocenters. The molecule has 0 radical (unpaired) electrons. The van der Waals surface area contributed by atoms with Crippen LogP contribution in [0.2, 0.25) is 10.0 Å². The van der Waals surface area contributed by atoms with Crippen LogP contribution in [0.1, 0.15) is 43.9 Å². The molecule has 0 N–H and O–H groups in total. The number of rotatable bonds is 4. The third kappa shape index (κ3) is 4.16. The van der Waals surface area contributed by atoms with Gasteiger partial charge in [-0.25, -0.2) is 9.78 Å². The molecule has 9 heteroatoms. The Morgan fingerprint density at radius 1 is 1.19 bits per heavy atom. The van der Waals surface area contributed by atoms with E-state index in [9.17, 15) is 14.8 Å². The van der Waals surface area contributed by atoms with Crippen molar-refractivity contribution in [2.75, 3.05) is 6.61 Å². The molecular formula is C17H18Cl2N2O5. The van der Waals surface area contributed by atoms with Gasteiger partial charge in [0.2, 0.25) is 5.52 Å². The topological polar surface area (TPSA) is 92.4 Å². The number of halogens is 2. The fourth-order valence-corrected chi connectivity index (χ4v) is 2.38. The van der Waals surface area contributed by atoms with Gasteiger partial charge in [-0.1, -0.05) is 23.2 Å². The Morgan fingerprint density at radius 2 is 1.81 bits per heavy atom. The highest BCUT2D eigenvalue weighted by Gasteiger charge is 2.30. The molecule has 0 fully saturated rings. The van der Waals surface area contributed by atoms with Crippen molar-refractivity contribution >= 4 is 46.2 Å². The fraction of sp³-hybridized carbons (Fsp3) is 0.412. The van der Waals surface area contributed by atoms with Crippen molar-refractivity contribution in [2.24, 2.45) is 5.41 Å². The molecule has 0 atom stereocenters. The predicted octanol–water partition coefficient (Wildman–Crippen LogP) is 3.44. The summed E-state index contributed by atoms with van der Waals surface area (Å²) in [6.07, 6.45) is 0. The first kappa shape index (κ1) is 20.2. The van der Waals surface area contributed by atoms with E-state index >= 15 is 0 Å². The summed E-state index contributed by atoms with van der Waals surface area (Å²) in [5, 5.41) is 13.1. The molecule has 0 spiro atoms. The molecule has 0 saturated carbocycles. The van der Waals surface area contributed by atoms with Gasteiger partial charge >= 0.3 is 17.6 Å². The molecule has 0 amide bonds. The van der Waals surface area contributed by atoms with Gasteiger partial charge < -0.3 is 14.7 Å². The number of nitrogens with zero attached hydrogens (tertiary/aromatic N) is 2. The number of aromatic nitrogens is 2. The average molecular weight is 401 g/mol. The molecule has 7 nitrogen and oxygen atoms in total. The van der Waals surface area contributed by atoms with Crippen LogP contribution in [0.15, 0.2) is 12.1 Å². The molecule has 0 aliphatic rings. The quantitative estimate of drug-likeness (QED) is 0.443. The molecule has 0 aliphatic carbocycles. The first-order chi connectivity index (χ1) is 12.1. The Bertz CT molecular complexity index is 878. The smallest absolute Gasteiger partial charge is 0.407 e. The lowest BCUT2D eigenvalue weighted by Gasteiger charge is -2.17. The summed E-state index contributed by atoms with van der Waals surface area (Å²) in [5.41, 5.74) is -0.871. The zero-order chi connectivity index (χ0) is 19.6. The maximum atomic E-state index is 12.7. The standard InChI is InChI=1S/C17H18Cl2N2O5/c1-5-25-15(22)14-12(8-26-16(23)17(2,3)4)20-11-6-9(18)10(19)7-13(11)21(14)24/h6-7H,5,8H2,1-4H3. The Hall–Kier alpha value is -2.12. The summed E-state index contributed by atoms with van der Waals surface area (Å²) in [5.74, 6) is -1.37. The molecule has 1 aromatic carbocycles. The monoisotopic (exact) mass is 400 g/mol. The van der Waals surface area contributed by atoms with E-state index in [0.717, 1.165) is 0 Å². The molecule has 0 saturated heterocycles. The molecule has 0 bridgehead atoms. The SMILES string of the molecule is CCOC(=O)c1c(COC(=O)C(C)(C)C)nc2cc(Cl)c(Cl)cc2[n+]1[O-]. The van der Waals surface area contributed by atoms with Crippen LogP contribution >= 0.6 is 23.2 Å². The van der Waals surface area contributed by atoms with Crippen molar-refractivity contribution in [3.05, 3.63) is 38.8 Å². The molecule has 1 aromatic heterocycles. The number of carbonyl (C=O) groups is 2. The van der Waals surface area contributed by atoms with Gasteiger partial charge in [0.1, 0.15) is 12.1 Å². The zero-order valence-electron chi connectivity index (χ0n) is 14.8. The minimum absolute atomic E-state index is 0.0260. The maximum absolute atomic E-state index is 12.7. The zero-order valence-corrected chi connectivity index (χ0v) is 16.3. The van der Waals surface area contributed by atoms with Gasteiger partial charge in [-0.2, -0.15) is 4.73 Å². The molecule has 0 aliphatic heterocycles. The number of benzene rings is 1. The van der Waals surface area contributed by atoms with E-state index in [1.54, 1.807) is 27.7 Å². The number of hydrogen-bond donors (Lipinski definition) is 0. The summed E-state index contributed by atoms with van der Waals surface area (Å²) in [7, 11) is 0. The summed E-state index contributed by atoms with van der Waals surface area (Å²) < 4.78 is 10.5. The largest absolute Gasteiger partial charge is 0.618 e. The summed E-state index contributed by atoms with van der Waals surface area (Å²) in [6.45, 7) is 6.38. The molecule has 26 heavy (non-hydrogen) atoms. The first-order valence-corrected chi connectivity index (χ1v) is 8.57. The number of ether oxygens (including phenoxy) is 2. The molecule has 2 aromatic rings. The second-order valence-electron chi connectivity index (χ2n) is 6.50. The number of carbonyl (C=O) groups excluding carboxylic acids is 2. The van der Waals surface area contributed by atoms with Crippen molar-refractivity contribution in [1.29, 1.82) is 0 Å². The van der Waals surface area contributed by atoms with Crippen LogP contribution in [-0.4, -0.2) is 23.5 Å². The minimum atomic E-state index is -0.871. The van der Waals surface area contributed by atoms with E-state index in [2.05, 4.69) is 4.98 Å². The maximum Gasteiger partial charge on any atom is 0.407 e. The van der Waals surface area contributed by atoms with Crippen LogP contribution in [0.4, 0.5) is 0 Å². The third-order valence-corrected chi connectivity index (χ3v) is 4.11. The summed E-state index contributed by atoms with van der Waals surface area (Å²) in [6, 6.07) is 2.71. The normalized spacial score (nSPS) is 11.5. The van der Waals surface area contributed by atoms with E-state index in [-0.39, 0.29) is 45.7 Å². The Morgan fingerprint density at radius 3 is 2.38 bits per heavy atom. The highest BCUT2D eigenvalue weighted by Crippen LogP contribution is 2.26. The van der Waals surface area contributed by atoms with Crippen molar-refractivity contribution in [3.8, 4) is 0 Å².